The maximum Gasteiger partial charge on any atom is 0.130 e. The van der Waals surface area contributed by atoms with Gasteiger partial charge in [0.05, 0.1) is 25.0 Å². The van der Waals surface area contributed by atoms with E-state index in [1.54, 1.807) is 0 Å². The van der Waals surface area contributed by atoms with Crippen LogP contribution in [0.3, 0.4) is 0 Å². The summed E-state index contributed by atoms with van der Waals surface area (Å²) in [4.78, 5) is 9.08. The Labute approximate surface area is 153 Å². The van der Waals surface area contributed by atoms with Gasteiger partial charge in [-0.3, -0.25) is 4.68 Å². The summed E-state index contributed by atoms with van der Waals surface area (Å²) in [5, 5.41) is 7.85. The molecule has 1 aromatic carbocycles. The number of hydrogen-bond donors (Lipinski definition) is 1. The van der Waals surface area contributed by atoms with Crippen molar-refractivity contribution in [1.82, 2.24) is 19.7 Å². The zero-order valence-electron chi connectivity index (χ0n) is 14.9. The van der Waals surface area contributed by atoms with Crippen LogP contribution in [-0.4, -0.2) is 33.0 Å². The molecule has 6 heteroatoms. The van der Waals surface area contributed by atoms with E-state index in [-0.39, 0.29) is 0 Å². The lowest BCUT2D eigenvalue weighted by Gasteiger charge is -2.11. The Morgan fingerprint density at radius 1 is 1.19 bits per heavy atom. The molecule has 1 unspecified atom stereocenters. The average molecular weight is 349 g/mol. The van der Waals surface area contributed by atoms with Crippen molar-refractivity contribution in [1.29, 1.82) is 0 Å². The second-order valence-electron chi connectivity index (χ2n) is 6.67. The van der Waals surface area contributed by atoms with Gasteiger partial charge in [-0.15, -0.1) is 0 Å². The highest BCUT2D eigenvalue weighted by Gasteiger charge is 2.20. The third-order valence-electron chi connectivity index (χ3n) is 4.55. The second-order valence-corrected chi connectivity index (χ2v) is 6.67. The minimum absolute atomic E-state index is 0.380. The zero-order valence-corrected chi connectivity index (χ0v) is 14.9. The number of rotatable bonds is 6. The van der Waals surface area contributed by atoms with Gasteiger partial charge in [0.1, 0.15) is 11.6 Å². The number of anilines is 1. The largest absolute Gasteiger partial charge is 0.381 e. The van der Waals surface area contributed by atoms with Crippen molar-refractivity contribution < 1.29 is 4.74 Å². The highest BCUT2D eigenvalue weighted by Crippen LogP contribution is 2.25. The molecular weight excluding hydrogens is 326 g/mol. The molecule has 0 spiro atoms. The number of nitrogens with zero attached hydrogens (tertiary/aromatic N) is 4. The Hall–Kier alpha value is -2.73. The quantitative estimate of drug-likeness (QED) is 0.741. The third-order valence-corrected chi connectivity index (χ3v) is 4.55. The van der Waals surface area contributed by atoms with Crippen molar-refractivity contribution in [2.75, 3.05) is 18.5 Å². The van der Waals surface area contributed by atoms with Crippen LogP contribution >= 0.6 is 0 Å². The molecule has 0 bridgehead atoms. The third kappa shape index (κ3) is 4.08. The Morgan fingerprint density at radius 3 is 2.88 bits per heavy atom. The number of aryl methyl sites for hydroxylation is 1. The molecule has 0 aliphatic carbocycles. The van der Waals surface area contributed by atoms with Gasteiger partial charge in [0.15, 0.2) is 0 Å². The van der Waals surface area contributed by atoms with Crippen LogP contribution < -0.4 is 5.32 Å². The fourth-order valence-corrected chi connectivity index (χ4v) is 3.21. The van der Waals surface area contributed by atoms with Crippen molar-refractivity contribution in [3.63, 3.8) is 0 Å². The number of nitrogens with one attached hydrogen (secondary N) is 1. The Balaban J connectivity index is 1.40. The SMILES string of the molecule is Cc1nc(NCc2cnn(Cc3ccccc3)c2)cc(C2CCOC2)n1. The van der Waals surface area contributed by atoms with E-state index in [4.69, 9.17) is 4.74 Å². The van der Waals surface area contributed by atoms with Gasteiger partial charge in [0.25, 0.3) is 0 Å². The smallest absolute Gasteiger partial charge is 0.130 e. The molecule has 2 aromatic heterocycles. The van der Waals surface area contributed by atoms with Gasteiger partial charge in [-0.05, 0) is 18.9 Å². The first-order valence-electron chi connectivity index (χ1n) is 8.99. The molecule has 0 amide bonds. The van der Waals surface area contributed by atoms with E-state index in [1.807, 2.05) is 42.1 Å². The number of ether oxygens (including phenoxy) is 1. The molecular formula is C20H23N5O. The maximum absolute atomic E-state index is 5.48. The predicted molar refractivity (Wildman–Crippen MR) is 100 cm³/mol. The molecule has 1 N–H and O–H groups in total. The van der Waals surface area contributed by atoms with Crippen molar-refractivity contribution in [3.8, 4) is 0 Å². The molecule has 1 aliphatic rings. The van der Waals surface area contributed by atoms with Gasteiger partial charge < -0.3 is 10.1 Å². The van der Waals surface area contributed by atoms with E-state index in [2.05, 4.69) is 38.7 Å². The standard InChI is InChI=1S/C20H23N5O/c1-15-23-19(18-7-8-26-14-18)9-20(24-15)21-10-17-11-22-25(13-17)12-16-5-3-2-4-6-16/h2-6,9,11,13,18H,7-8,10,12,14H2,1H3,(H,21,23,24). The average Bonchev–Trinajstić information content (AvgIpc) is 3.33. The van der Waals surface area contributed by atoms with E-state index in [0.29, 0.717) is 12.5 Å². The van der Waals surface area contributed by atoms with Crippen molar-refractivity contribution in [2.45, 2.75) is 32.4 Å². The van der Waals surface area contributed by atoms with Gasteiger partial charge in [-0.25, -0.2) is 9.97 Å². The van der Waals surface area contributed by atoms with Crippen molar-refractivity contribution >= 4 is 5.82 Å². The lowest BCUT2D eigenvalue weighted by Crippen LogP contribution is -2.08. The minimum Gasteiger partial charge on any atom is -0.381 e. The van der Waals surface area contributed by atoms with Crippen LogP contribution in [-0.2, 0) is 17.8 Å². The molecule has 1 aliphatic heterocycles. The molecule has 1 atom stereocenters. The minimum atomic E-state index is 0.380. The van der Waals surface area contributed by atoms with Gasteiger partial charge in [-0.2, -0.15) is 5.10 Å². The summed E-state index contributed by atoms with van der Waals surface area (Å²) in [5.41, 5.74) is 3.44. The molecule has 6 nitrogen and oxygen atoms in total. The first-order chi connectivity index (χ1) is 12.8. The number of aromatic nitrogens is 4. The normalized spacial score (nSPS) is 16.7. The molecule has 4 rings (SSSR count). The van der Waals surface area contributed by atoms with Crippen molar-refractivity contribution in [2.24, 2.45) is 0 Å². The first kappa shape index (κ1) is 16.7. The highest BCUT2D eigenvalue weighted by molar-refractivity contribution is 5.38. The van der Waals surface area contributed by atoms with Crippen LogP contribution in [0.15, 0.2) is 48.8 Å². The molecule has 1 saturated heterocycles. The number of hydrogen-bond acceptors (Lipinski definition) is 5. The predicted octanol–water partition coefficient (Wildman–Crippen LogP) is 3.15. The van der Waals surface area contributed by atoms with Gasteiger partial charge in [0, 0.05) is 36.9 Å². The van der Waals surface area contributed by atoms with Gasteiger partial charge in [-0.1, -0.05) is 30.3 Å². The van der Waals surface area contributed by atoms with Crippen LogP contribution in [0.4, 0.5) is 5.82 Å². The highest BCUT2D eigenvalue weighted by atomic mass is 16.5. The Kier molecular flexibility index (Phi) is 4.93. The molecule has 0 radical (unpaired) electrons. The topological polar surface area (TPSA) is 64.9 Å². The molecule has 0 saturated carbocycles. The van der Waals surface area contributed by atoms with Crippen molar-refractivity contribution in [3.05, 3.63) is 71.4 Å². The lowest BCUT2D eigenvalue weighted by molar-refractivity contribution is 0.193. The van der Waals surface area contributed by atoms with Crippen LogP contribution in [0, 0.1) is 6.92 Å². The van der Waals surface area contributed by atoms with Gasteiger partial charge in [0.2, 0.25) is 0 Å². The van der Waals surface area contributed by atoms with Crippen LogP contribution in [0.5, 0.6) is 0 Å². The van der Waals surface area contributed by atoms with E-state index < -0.39 is 0 Å². The van der Waals surface area contributed by atoms with Gasteiger partial charge >= 0.3 is 0 Å². The van der Waals surface area contributed by atoms with E-state index in [9.17, 15) is 0 Å². The summed E-state index contributed by atoms with van der Waals surface area (Å²) in [7, 11) is 0. The summed E-state index contributed by atoms with van der Waals surface area (Å²) in [6.07, 6.45) is 5.00. The fraction of sp³-hybridized carbons (Fsp3) is 0.350. The fourth-order valence-electron chi connectivity index (χ4n) is 3.21. The molecule has 26 heavy (non-hydrogen) atoms. The Morgan fingerprint density at radius 2 is 2.08 bits per heavy atom. The van der Waals surface area contributed by atoms with Crippen LogP contribution in [0.2, 0.25) is 0 Å². The summed E-state index contributed by atoms with van der Waals surface area (Å²) < 4.78 is 7.44. The molecule has 134 valence electrons. The van der Waals surface area contributed by atoms with Crippen LogP contribution in [0.1, 0.15) is 35.0 Å². The monoisotopic (exact) mass is 349 g/mol. The summed E-state index contributed by atoms with van der Waals surface area (Å²) in [6.45, 7) is 4.97. The summed E-state index contributed by atoms with van der Waals surface area (Å²) >= 11 is 0. The van der Waals surface area contributed by atoms with Crippen LogP contribution in [0.25, 0.3) is 0 Å². The molecule has 1 fully saturated rings. The van der Waals surface area contributed by atoms with E-state index >= 15 is 0 Å². The summed E-state index contributed by atoms with van der Waals surface area (Å²) in [6, 6.07) is 12.4. The Bertz CT molecular complexity index is 856. The van der Waals surface area contributed by atoms with E-state index in [0.717, 1.165) is 49.1 Å². The summed E-state index contributed by atoms with van der Waals surface area (Å²) in [5.74, 6) is 2.03. The molecule has 3 heterocycles. The second kappa shape index (κ2) is 7.66. The lowest BCUT2D eigenvalue weighted by atomic mass is 10.0. The first-order valence-corrected chi connectivity index (χ1v) is 8.99. The van der Waals surface area contributed by atoms with E-state index in [1.165, 1.54) is 5.56 Å². The zero-order chi connectivity index (χ0) is 17.8. The maximum atomic E-state index is 5.48. The number of benzene rings is 1. The molecule has 3 aromatic rings.